The third-order valence-electron chi connectivity index (χ3n) is 3.07. The van der Waals surface area contributed by atoms with Crippen LogP contribution in [0.5, 0.6) is 0 Å². The molecule has 0 aliphatic rings. The molecule has 1 aromatic rings. The highest BCUT2D eigenvalue weighted by Crippen LogP contribution is 2.41. The van der Waals surface area contributed by atoms with Crippen molar-refractivity contribution in [2.75, 3.05) is 0 Å². The van der Waals surface area contributed by atoms with E-state index in [-0.39, 0.29) is 23.9 Å². The first-order chi connectivity index (χ1) is 12.5. The van der Waals surface area contributed by atoms with Crippen LogP contribution in [0.3, 0.4) is 0 Å². The van der Waals surface area contributed by atoms with E-state index < -0.39 is 34.5 Å². The molecule has 4 nitrogen and oxygen atoms in total. The van der Waals surface area contributed by atoms with Gasteiger partial charge in [-0.1, -0.05) is 17.7 Å². The van der Waals surface area contributed by atoms with Crippen LogP contribution in [0.1, 0.15) is 31.0 Å². The SMILES string of the molecule is C=CCCC(=CN)C(=Nc1nc(C(F)(F)F)c(Cl)cc1C(F)(F)F)[N+]#CC. The molecular formula is C16H14ClF6N4+. The van der Waals surface area contributed by atoms with Crippen LogP contribution < -0.4 is 5.73 Å². The molecule has 0 atom stereocenters. The highest BCUT2D eigenvalue weighted by Gasteiger charge is 2.43. The third kappa shape index (κ3) is 5.99. The first-order valence-corrected chi connectivity index (χ1v) is 7.66. The van der Waals surface area contributed by atoms with Crippen LogP contribution in [0.25, 0.3) is 4.85 Å². The molecule has 0 aromatic carbocycles. The Hall–Kier alpha value is -2.54. The fourth-order valence-electron chi connectivity index (χ4n) is 1.87. The van der Waals surface area contributed by atoms with Gasteiger partial charge < -0.3 is 5.73 Å². The summed E-state index contributed by atoms with van der Waals surface area (Å²) in [7, 11) is 0. The number of hydrogen-bond donors (Lipinski definition) is 1. The molecule has 1 heterocycles. The summed E-state index contributed by atoms with van der Waals surface area (Å²) in [6, 6.07) is 2.44. The molecular weight excluding hydrogens is 398 g/mol. The fraction of sp³-hybridized carbons (Fsp3) is 0.312. The predicted molar refractivity (Wildman–Crippen MR) is 91.0 cm³/mol. The van der Waals surface area contributed by atoms with Crippen molar-refractivity contribution in [1.29, 1.82) is 0 Å². The van der Waals surface area contributed by atoms with Crippen LogP contribution >= 0.6 is 11.6 Å². The molecule has 11 heteroatoms. The molecule has 0 bridgehead atoms. The average molecular weight is 412 g/mol. The summed E-state index contributed by atoms with van der Waals surface area (Å²) in [5.74, 6) is -1.58. The summed E-state index contributed by atoms with van der Waals surface area (Å²) in [6.45, 7) is 4.83. The maximum Gasteiger partial charge on any atom is 0.435 e. The van der Waals surface area contributed by atoms with Crippen LogP contribution in [-0.2, 0) is 12.4 Å². The molecule has 0 amide bonds. The van der Waals surface area contributed by atoms with Crippen molar-refractivity contribution in [3.63, 3.8) is 0 Å². The lowest BCUT2D eigenvalue weighted by atomic mass is 10.1. The zero-order valence-electron chi connectivity index (χ0n) is 13.9. The Morgan fingerprint density at radius 3 is 2.41 bits per heavy atom. The van der Waals surface area contributed by atoms with Gasteiger partial charge >= 0.3 is 18.2 Å². The van der Waals surface area contributed by atoms with Gasteiger partial charge in [0.15, 0.2) is 11.8 Å². The number of hydrogen-bond acceptors (Lipinski definition) is 3. The van der Waals surface area contributed by atoms with E-state index >= 15 is 0 Å². The zero-order chi connectivity index (χ0) is 20.8. The monoisotopic (exact) mass is 411 g/mol. The minimum absolute atomic E-state index is 0.128. The molecule has 0 aliphatic heterocycles. The summed E-state index contributed by atoms with van der Waals surface area (Å²) in [6.07, 6.45) is -6.97. The molecule has 0 spiro atoms. The van der Waals surface area contributed by atoms with Gasteiger partial charge in [-0.05, 0) is 23.9 Å². The average Bonchev–Trinajstić information content (AvgIpc) is 2.54. The summed E-state index contributed by atoms with van der Waals surface area (Å²) in [5, 5.41) is -1.19. The molecule has 0 radical (unpaired) electrons. The molecule has 1 aromatic heterocycles. The smallest absolute Gasteiger partial charge is 0.404 e. The van der Waals surface area contributed by atoms with E-state index in [2.05, 4.69) is 27.5 Å². The number of alkyl halides is 6. The normalized spacial score (nSPS) is 13.2. The number of nitrogens with two attached hydrogens (primary N) is 1. The van der Waals surface area contributed by atoms with Crippen LogP contribution in [0.15, 0.2) is 35.5 Å². The number of amidine groups is 1. The Morgan fingerprint density at radius 2 is 1.96 bits per heavy atom. The summed E-state index contributed by atoms with van der Waals surface area (Å²) in [5.41, 5.74) is 2.39. The Bertz CT molecular complexity index is 828. The first-order valence-electron chi connectivity index (χ1n) is 7.28. The Kier molecular flexibility index (Phi) is 7.42. The van der Waals surface area contributed by atoms with Gasteiger partial charge in [0.05, 0.1) is 10.6 Å². The van der Waals surface area contributed by atoms with Crippen LogP contribution in [0, 0.1) is 6.07 Å². The number of allylic oxidation sites excluding steroid dienone is 1. The molecule has 146 valence electrons. The van der Waals surface area contributed by atoms with E-state index in [1.54, 1.807) is 0 Å². The van der Waals surface area contributed by atoms with Crippen molar-refractivity contribution in [3.05, 3.63) is 51.6 Å². The first kappa shape index (κ1) is 22.5. The molecule has 1 rings (SSSR count). The van der Waals surface area contributed by atoms with E-state index in [4.69, 9.17) is 17.3 Å². The van der Waals surface area contributed by atoms with E-state index in [1.165, 1.54) is 13.0 Å². The molecule has 0 aliphatic carbocycles. The van der Waals surface area contributed by atoms with Crippen molar-refractivity contribution in [1.82, 2.24) is 4.98 Å². The van der Waals surface area contributed by atoms with E-state index in [9.17, 15) is 26.3 Å². The van der Waals surface area contributed by atoms with Crippen LogP contribution in [-0.4, -0.2) is 10.8 Å². The fourth-order valence-corrected chi connectivity index (χ4v) is 2.13. The quantitative estimate of drug-likeness (QED) is 0.281. The standard InChI is InChI=1S/C16H14ClF6N4/c1-3-5-6-9(8-24)13(25-4-2)27-14-10(15(18,19)20)7-11(17)12(26-14)16(21,22)23/h3,7-8H,1,5-6,24H2,2H3/q+1. The highest BCUT2D eigenvalue weighted by molar-refractivity contribution is 6.31. The van der Waals surface area contributed by atoms with Gasteiger partial charge in [0.25, 0.3) is 5.82 Å². The van der Waals surface area contributed by atoms with Crippen molar-refractivity contribution in [2.24, 2.45) is 10.7 Å². The Balaban J connectivity index is 3.74. The van der Waals surface area contributed by atoms with Gasteiger partial charge in [-0.25, -0.2) is 0 Å². The maximum absolute atomic E-state index is 13.2. The van der Waals surface area contributed by atoms with E-state index in [1.807, 2.05) is 0 Å². The Morgan fingerprint density at radius 1 is 1.33 bits per heavy atom. The minimum Gasteiger partial charge on any atom is -0.404 e. The third-order valence-corrected chi connectivity index (χ3v) is 3.35. The van der Waals surface area contributed by atoms with E-state index in [0.29, 0.717) is 6.42 Å². The Labute approximate surface area is 155 Å². The highest BCUT2D eigenvalue weighted by atomic mass is 35.5. The second-order valence-electron chi connectivity index (χ2n) is 4.98. The molecule has 0 fully saturated rings. The molecule has 0 unspecified atom stereocenters. The largest absolute Gasteiger partial charge is 0.435 e. The van der Waals surface area contributed by atoms with Gasteiger partial charge in [-0.2, -0.15) is 36.2 Å². The molecule has 0 saturated heterocycles. The summed E-state index contributed by atoms with van der Waals surface area (Å²) in [4.78, 5) is 10.2. The number of aliphatic imine (C=N–C) groups is 1. The van der Waals surface area contributed by atoms with Crippen LogP contribution in [0.2, 0.25) is 5.02 Å². The number of rotatable bonds is 5. The van der Waals surface area contributed by atoms with Crippen molar-refractivity contribution in [2.45, 2.75) is 32.1 Å². The summed E-state index contributed by atoms with van der Waals surface area (Å²) >= 11 is 5.34. The lowest BCUT2D eigenvalue weighted by molar-refractivity contribution is -0.143. The molecule has 27 heavy (non-hydrogen) atoms. The van der Waals surface area contributed by atoms with Gasteiger partial charge in [0.2, 0.25) is 0 Å². The molecule has 2 N–H and O–H groups in total. The lowest BCUT2D eigenvalue weighted by Crippen LogP contribution is -2.14. The zero-order valence-corrected chi connectivity index (χ0v) is 14.7. The minimum atomic E-state index is -5.07. The lowest BCUT2D eigenvalue weighted by Gasteiger charge is -2.11. The van der Waals surface area contributed by atoms with Crippen LogP contribution in [0.4, 0.5) is 32.2 Å². The van der Waals surface area contributed by atoms with Gasteiger partial charge in [0.1, 0.15) is 5.56 Å². The number of aromatic nitrogens is 1. The number of halogens is 7. The van der Waals surface area contributed by atoms with Gasteiger partial charge in [-0.3, -0.25) is 0 Å². The van der Waals surface area contributed by atoms with E-state index in [0.717, 1.165) is 6.20 Å². The second kappa shape index (κ2) is 8.90. The maximum atomic E-state index is 13.2. The predicted octanol–water partition coefficient (Wildman–Crippen LogP) is 5.96. The van der Waals surface area contributed by atoms with Crippen molar-refractivity contribution >= 4 is 23.3 Å². The van der Waals surface area contributed by atoms with Crippen molar-refractivity contribution < 1.29 is 26.3 Å². The topological polar surface area (TPSA) is 55.6 Å². The number of nitrogens with zero attached hydrogens (tertiary/aromatic N) is 3. The second-order valence-corrected chi connectivity index (χ2v) is 5.38. The summed E-state index contributed by atoms with van der Waals surface area (Å²) < 4.78 is 78.6. The number of pyridine rings is 1. The van der Waals surface area contributed by atoms with Crippen molar-refractivity contribution in [3.8, 4) is 6.07 Å². The van der Waals surface area contributed by atoms with Gasteiger partial charge in [-0.15, -0.1) is 6.58 Å². The van der Waals surface area contributed by atoms with Gasteiger partial charge in [0, 0.05) is 13.1 Å². The molecule has 0 saturated carbocycles.